The molecule has 0 bridgehead atoms. The zero-order chi connectivity index (χ0) is 14.4. The number of nitrogens with zero attached hydrogens (tertiary/aromatic N) is 1. The Morgan fingerprint density at radius 3 is 2.86 bits per heavy atom. The van der Waals surface area contributed by atoms with Crippen LogP contribution in [0.25, 0.3) is 0 Å². The molecule has 1 aliphatic rings. The summed E-state index contributed by atoms with van der Waals surface area (Å²) in [5.74, 6) is 0.945. The largest absolute Gasteiger partial charge is 0.492 e. The maximum absolute atomic E-state index is 5.88. The van der Waals surface area contributed by atoms with Gasteiger partial charge in [0.25, 0.3) is 0 Å². The van der Waals surface area contributed by atoms with Gasteiger partial charge in [0.15, 0.2) is 0 Å². The van der Waals surface area contributed by atoms with Crippen molar-refractivity contribution in [2.75, 3.05) is 33.4 Å². The number of hydrogen-bond donors (Lipinski definition) is 1. The maximum Gasteiger partial charge on any atom is 0.119 e. The number of aryl methyl sites for hydroxylation is 1. The number of halogens is 1. The Hall–Kier alpha value is -0.810. The molecule has 1 aromatic carbocycles. The summed E-state index contributed by atoms with van der Waals surface area (Å²) in [4.78, 5) is 2.42. The van der Waals surface area contributed by atoms with Crippen molar-refractivity contribution in [3.05, 3.63) is 29.8 Å². The van der Waals surface area contributed by atoms with Crippen molar-refractivity contribution in [2.24, 2.45) is 5.73 Å². The van der Waals surface area contributed by atoms with Crippen LogP contribution >= 0.6 is 12.4 Å². The Kier molecular flexibility index (Phi) is 8.04. The predicted octanol–water partition coefficient (Wildman–Crippen LogP) is 2.23. The van der Waals surface area contributed by atoms with Gasteiger partial charge in [0.05, 0.1) is 6.10 Å². The van der Waals surface area contributed by atoms with Crippen LogP contribution in [0, 0.1) is 6.92 Å². The van der Waals surface area contributed by atoms with E-state index in [9.17, 15) is 0 Å². The molecule has 0 aromatic heterocycles. The third-order valence-corrected chi connectivity index (χ3v) is 4.03. The van der Waals surface area contributed by atoms with E-state index >= 15 is 0 Å². The first-order valence-corrected chi connectivity index (χ1v) is 7.39. The summed E-state index contributed by atoms with van der Waals surface area (Å²) in [5, 5.41) is 0. The molecule has 2 atom stereocenters. The highest BCUT2D eigenvalue weighted by Gasteiger charge is 2.27. The molecule has 21 heavy (non-hydrogen) atoms. The van der Waals surface area contributed by atoms with Gasteiger partial charge < -0.3 is 15.2 Å². The molecule has 1 fully saturated rings. The zero-order valence-electron chi connectivity index (χ0n) is 13.0. The van der Waals surface area contributed by atoms with Gasteiger partial charge in [0.1, 0.15) is 12.4 Å². The van der Waals surface area contributed by atoms with Crippen LogP contribution in [0.1, 0.15) is 18.4 Å². The number of methoxy groups -OCH3 is 1. The fourth-order valence-corrected chi connectivity index (χ4v) is 2.80. The third-order valence-electron chi connectivity index (χ3n) is 4.03. The summed E-state index contributed by atoms with van der Waals surface area (Å²) in [6.45, 7) is 5.43. The van der Waals surface area contributed by atoms with Crippen molar-refractivity contribution in [3.8, 4) is 5.75 Å². The van der Waals surface area contributed by atoms with Gasteiger partial charge in [-0.15, -0.1) is 12.4 Å². The molecular formula is C16H27ClN2O2. The topological polar surface area (TPSA) is 47.7 Å². The summed E-state index contributed by atoms with van der Waals surface area (Å²) in [5.41, 5.74) is 7.10. The Bertz CT molecular complexity index is 417. The number of hydrogen-bond acceptors (Lipinski definition) is 4. The summed E-state index contributed by atoms with van der Waals surface area (Å²) in [6.07, 6.45) is 2.46. The SMILES string of the molecule is COC1CCN(CCOc2cccc(C)c2)C(CN)C1.Cl. The van der Waals surface area contributed by atoms with Crippen molar-refractivity contribution in [1.82, 2.24) is 4.90 Å². The van der Waals surface area contributed by atoms with Gasteiger partial charge >= 0.3 is 0 Å². The number of ether oxygens (including phenoxy) is 2. The van der Waals surface area contributed by atoms with Gasteiger partial charge in [-0.05, 0) is 37.5 Å². The Labute approximate surface area is 134 Å². The molecule has 0 amide bonds. The second-order valence-corrected chi connectivity index (χ2v) is 5.47. The fraction of sp³-hybridized carbons (Fsp3) is 0.625. The molecule has 0 spiro atoms. The lowest BCUT2D eigenvalue weighted by Crippen LogP contribution is -2.49. The molecule has 2 unspecified atom stereocenters. The molecule has 5 heteroatoms. The first-order chi connectivity index (χ1) is 9.72. The minimum absolute atomic E-state index is 0. The Morgan fingerprint density at radius 1 is 1.38 bits per heavy atom. The van der Waals surface area contributed by atoms with Crippen molar-refractivity contribution in [3.63, 3.8) is 0 Å². The number of likely N-dealkylation sites (tertiary alicyclic amines) is 1. The second kappa shape index (κ2) is 9.26. The van der Waals surface area contributed by atoms with Crippen LogP contribution < -0.4 is 10.5 Å². The molecule has 1 aromatic rings. The standard InChI is InChI=1S/C16H26N2O2.ClH/c1-13-4-3-5-16(10-13)20-9-8-18-7-6-15(19-2)11-14(18)12-17;/h3-5,10,14-15H,6-9,11-12,17H2,1-2H3;1H. The fourth-order valence-electron chi connectivity index (χ4n) is 2.80. The molecule has 1 heterocycles. The lowest BCUT2D eigenvalue weighted by molar-refractivity contribution is 0.00923. The number of benzene rings is 1. The number of rotatable bonds is 6. The highest BCUT2D eigenvalue weighted by Crippen LogP contribution is 2.19. The Morgan fingerprint density at radius 2 is 2.19 bits per heavy atom. The molecule has 2 N–H and O–H groups in total. The van der Waals surface area contributed by atoms with Gasteiger partial charge in [0, 0.05) is 32.8 Å². The van der Waals surface area contributed by atoms with E-state index in [0.29, 0.717) is 25.3 Å². The molecule has 1 saturated heterocycles. The van der Waals surface area contributed by atoms with Crippen molar-refractivity contribution >= 4 is 12.4 Å². The number of nitrogens with two attached hydrogens (primary N) is 1. The lowest BCUT2D eigenvalue weighted by Gasteiger charge is -2.38. The monoisotopic (exact) mass is 314 g/mol. The van der Waals surface area contributed by atoms with E-state index < -0.39 is 0 Å². The van der Waals surface area contributed by atoms with Gasteiger partial charge in [-0.25, -0.2) is 0 Å². The summed E-state index contributed by atoms with van der Waals surface area (Å²) >= 11 is 0. The predicted molar refractivity (Wildman–Crippen MR) is 88.4 cm³/mol. The average Bonchev–Trinajstić information content (AvgIpc) is 2.47. The van der Waals surface area contributed by atoms with Crippen molar-refractivity contribution in [2.45, 2.75) is 31.9 Å². The first-order valence-electron chi connectivity index (χ1n) is 7.39. The first kappa shape index (κ1) is 18.2. The quantitative estimate of drug-likeness (QED) is 0.875. The van der Waals surface area contributed by atoms with Gasteiger partial charge in [-0.1, -0.05) is 12.1 Å². The molecule has 4 nitrogen and oxygen atoms in total. The third kappa shape index (κ3) is 5.47. The van der Waals surface area contributed by atoms with E-state index in [4.69, 9.17) is 15.2 Å². The van der Waals surface area contributed by atoms with E-state index in [1.54, 1.807) is 7.11 Å². The summed E-state index contributed by atoms with van der Waals surface area (Å²) < 4.78 is 11.3. The van der Waals surface area contributed by atoms with Crippen LogP contribution in [-0.2, 0) is 4.74 Å². The van der Waals surface area contributed by atoms with E-state index in [1.807, 2.05) is 12.1 Å². The minimum Gasteiger partial charge on any atom is -0.492 e. The lowest BCUT2D eigenvalue weighted by atomic mass is 9.99. The minimum atomic E-state index is 0. The van der Waals surface area contributed by atoms with Crippen LogP contribution in [0.3, 0.4) is 0 Å². The van der Waals surface area contributed by atoms with Crippen molar-refractivity contribution < 1.29 is 9.47 Å². The number of piperidine rings is 1. The molecule has 0 radical (unpaired) electrons. The molecule has 0 saturated carbocycles. The molecule has 1 aliphatic heterocycles. The van der Waals surface area contributed by atoms with E-state index in [2.05, 4.69) is 24.0 Å². The average molecular weight is 315 g/mol. The van der Waals surface area contributed by atoms with Gasteiger partial charge in [0.2, 0.25) is 0 Å². The van der Waals surface area contributed by atoms with Crippen LogP contribution in [0.15, 0.2) is 24.3 Å². The van der Waals surface area contributed by atoms with Crippen LogP contribution in [-0.4, -0.2) is 50.4 Å². The molecule has 2 rings (SSSR count). The summed E-state index contributed by atoms with van der Waals surface area (Å²) in [7, 11) is 1.79. The van der Waals surface area contributed by atoms with Crippen LogP contribution in [0.5, 0.6) is 5.75 Å². The van der Waals surface area contributed by atoms with Crippen molar-refractivity contribution in [1.29, 1.82) is 0 Å². The highest BCUT2D eigenvalue weighted by atomic mass is 35.5. The van der Waals surface area contributed by atoms with Gasteiger partial charge in [-0.2, -0.15) is 0 Å². The molecule has 0 aliphatic carbocycles. The normalized spacial score (nSPS) is 22.6. The second-order valence-electron chi connectivity index (χ2n) is 5.47. The zero-order valence-corrected chi connectivity index (χ0v) is 13.8. The highest BCUT2D eigenvalue weighted by molar-refractivity contribution is 5.85. The van der Waals surface area contributed by atoms with E-state index in [-0.39, 0.29) is 12.4 Å². The Balaban J connectivity index is 0.00000220. The van der Waals surface area contributed by atoms with Crippen LogP contribution in [0.2, 0.25) is 0 Å². The van der Waals surface area contributed by atoms with Gasteiger partial charge in [-0.3, -0.25) is 4.90 Å². The van der Waals surface area contributed by atoms with E-state index in [0.717, 1.165) is 31.7 Å². The molecule has 120 valence electrons. The molecular weight excluding hydrogens is 288 g/mol. The van der Waals surface area contributed by atoms with E-state index in [1.165, 1.54) is 5.56 Å². The summed E-state index contributed by atoms with van der Waals surface area (Å²) in [6, 6.07) is 8.58. The smallest absolute Gasteiger partial charge is 0.119 e. The van der Waals surface area contributed by atoms with Crippen LogP contribution in [0.4, 0.5) is 0 Å². The maximum atomic E-state index is 5.88.